The summed E-state index contributed by atoms with van der Waals surface area (Å²) in [5, 5.41) is 11.9. The number of piperazine rings is 1. The molecule has 0 aliphatic carbocycles. The molecule has 6 aromatic rings. The number of nitrogens with zero attached hydrogens (tertiary/aromatic N) is 9. The summed E-state index contributed by atoms with van der Waals surface area (Å²) < 4.78 is 29.0. The number of nitrogens with one attached hydrogen (secondary N) is 2. The van der Waals surface area contributed by atoms with Crippen molar-refractivity contribution in [2.75, 3.05) is 74.2 Å². The van der Waals surface area contributed by atoms with Gasteiger partial charge in [-0.05, 0) is 65.7 Å². The topological polar surface area (TPSA) is 140 Å². The van der Waals surface area contributed by atoms with Crippen molar-refractivity contribution in [1.82, 2.24) is 34.3 Å². The third kappa shape index (κ3) is 7.46. The summed E-state index contributed by atoms with van der Waals surface area (Å²) >= 11 is 3.60. The molecule has 0 radical (unpaired) electrons. The van der Waals surface area contributed by atoms with E-state index in [1.54, 1.807) is 57.1 Å². The van der Waals surface area contributed by atoms with E-state index < -0.39 is 7.14 Å². The molecule has 0 saturated carbocycles. The highest BCUT2D eigenvalue weighted by Gasteiger charge is 2.24. The molecule has 1 fully saturated rings. The number of halogens is 1. The highest BCUT2D eigenvalue weighted by atomic mass is 79.9. The lowest BCUT2D eigenvalue weighted by Gasteiger charge is -2.38. The Morgan fingerprint density at radius 2 is 1.67 bits per heavy atom. The first-order valence-electron chi connectivity index (χ1n) is 16.5. The third-order valence-electron chi connectivity index (χ3n) is 8.84. The minimum Gasteiger partial charge on any atom is -0.494 e. The van der Waals surface area contributed by atoms with Gasteiger partial charge < -0.3 is 39.0 Å². The van der Waals surface area contributed by atoms with Crippen LogP contribution in [0.25, 0.3) is 16.8 Å². The normalized spacial score (nSPS) is 13.3. The van der Waals surface area contributed by atoms with Crippen LogP contribution in [0.1, 0.15) is 0 Å². The van der Waals surface area contributed by atoms with Gasteiger partial charge in [-0.3, -0.25) is 9.67 Å². The number of benzene rings is 2. The summed E-state index contributed by atoms with van der Waals surface area (Å²) in [5.74, 6) is 1.98. The fraction of sp³-hybridized carbons (Fsp3) is 0.250. The fourth-order valence-electron chi connectivity index (χ4n) is 6.18. The van der Waals surface area contributed by atoms with Gasteiger partial charge >= 0.3 is 0 Å². The molecule has 0 unspecified atom stereocenters. The van der Waals surface area contributed by atoms with Crippen LogP contribution in [0.4, 0.5) is 34.5 Å². The average Bonchev–Trinajstić information content (AvgIpc) is 3.82. The lowest BCUT2D eigenvalue weighted by molar-refractivity contribution is 0.400. The molecule has 1 aliphatic rings. The lowest BCUT2D eigenvalue weighted by Crippen LogP contribution is -2.46. The maximum atomic E-state index is 13.5. The van der Waals surface area contributed by atoms with Crippen LogP contribution in [-0.2, 0) is 11.6 Å². The van der Waals surface area contributed by atoms with Gasteiger partial charge in [-0.15, -0.1) is 0 Å². The molecule has 0 amide bonds. The van der Waals surface area contributed by atoms with E-state index in [0.717, 1.165) is 54.4 Å². The van der Waals surface area contributed by atoms with Crippen molar-refractivity contribution >= 4 is 62.9 Å². The van der Waals surface area contributed by atoms with Crippen LogP contribution < -0.4 is 35.2 Å². The molecular formula is C36H39BrN11O3P. The Labute approximate surface area is 310 Å². The second-order valence-electron chi connectivity index (χ2n) is 12.7. The minimum atomic E-state index is -2.74. The molecule has 268 valence electrons. The maximum absolute atomic E-state index is 13.5. The Morgan fingerprint density at radius 3 is 2.35 bits per heavy atom. The van der Waals surface area contributed by atoms with Gasteiger partial charge in [-0.25, -0.2) is 9.97 Å². The van der Waals surface area contributed by atoms with E-state index in [4.69, 9.17) is 14.5 Å². The molecule has 0 spiro atoms. The zero-order chi connectivity index (χ0) is 36.4. The van der Waals surface area contributed by atoms with E-state index in [1.165, 1.54) is 0 Å². The number of hydrogen-bond donors (Lipinski definition) is 2. The molecule has 52 heavy (non-hydrogen) atoms. The molecule has 14 nitrogen and oxygen atoms in total. The summed E-state index contributed by atoms with van der Waals surface area (Å²) in [6.45, 7) is 6.85. The number of hydrogen-bond acceptors (Lipinski definition) is 12. The van der Waals surface area contributed by atoms with Crippen LogP contribution in [0, 0.1) is 0 Å². The van der Waals surface area contributed by atoms with Crippen LogP contribution in [0.2, 0.25) is 0 Å². The van der Waals surface area contributed by atoms with Gasteiger partial charge in [0.2, 0.25) is 11.8 Å². The highest BCUT2D eigenvalue weighted by Crippen LogP contribution is 2.42. The number of aryl methyl sites for hydroxylation is 1. The quantitative estimate of drug-likeness (QED) is 0.143. The minimum absolute atomic E-state index is 0.346. The van der Waals surface area contributed by atoms with Crippen LogP contribution in [0.5, 0.6) is 11.6 Å². The third-order valence-corrected chi connectivity index (χ3v) is 10.9. The highest BCUT2D eigenvalue weighted by molar-refractivity contribution is 9.10. The number of pyridine rings is 1. The number of rotatable bonds is 11. The predicted octanol–water partition coefficient (Wildman–Crippen LogP) is 6.30. The van der Waals surface area contributed by atoms with Crippen molar-refractivity contribution in [1.29, 1.82) is 0 Å². The van der Waals surface area contributed by atoms with Crippen molar-refractivity contribution in [2.24, 2.45) is 7.05 Å². The van der Waals surface area contributed by atoms with Gasteiger partial charge in [0.25, 0.3) is 0 Å². The SMILES string of the molecule is COc1cn(-c2ccc(Nc3nc(Nc4cc(-c5cnn(C)c5)c(N5CCN(c6cccnc6)CC5)cc4OC)ncc3Br)c(P(C)(C)=O)c2)cn1. The van der Waals surface area contributed by atoms with Crippen molar-refractivity contribution < 1.29 is 14.0 Å². The van der Waals surface area contributed by atoms with E-state index in [2.05, 4.69) is 74.6 Å². The molecule has 1 saturated heterocycles. The van der Waals surface area contributed by atoms with Gasteiger partial charge in [-0.2, -0.15) is 10.1 Å². The maximum Gasteiger partial charge on any atom is 0.231 e. The molecule has 5 heterocycles. The van der Waals surface area contributed by atoms with Crippen LogP contribution in [0.15, 0.2) is 90.4 Å². The summed E-state index contributed by atoms with van der Waals surface area (Å²) in [6.07, 6.45) is 12.7. The summed E-state index contributed by atoms with van der Waals surface area (Å²) in [6, 6.07) is 13.9. The second-order valence-corrected chi connectivity index (χ2v) is 16.7. The van der Waals surface area contributed by atoms with E-state index in [1.807, 2.05) is 54.5 Å². The van der Waals surface area contributed by atoms with Crippen LogP contribution >= 0.6 is 23.1 Å². The number of aromatic nitrogens is 7. The van der Waals surface area contributed by atoms with Gasteiger partial charge in [0.05, 0.1) is 54.3 Å². The monoisotopic (exact) mass is 783 g/mol. The predicted molar refractivity (Wildman–Crippen MR) is 209 cm³/mol. The zero-order valence-electron chi connectivity index (χ0n) is 29.5. The first-order valence-corrected chi connectivity index (χ1v) is 19.9. The smallest absolute Gasteiger partial charge is 0.231 e. The largest absolute Gasteiger partial charge is 0.494 e. The molecule has 4 aromatic heterocycles. The van der Waals surface area contributed by atoms with Gasteiger partial charge in [0, 0.05) is 85.7 Å². The number of imidazole rings is 1. The lowest BCUT2D eigenvalue weighted by atomic mass is 10.0. The Balaban J connectivity index is 1.18. The zero-order valence-corrected chi connectivity index (χ0v) is 32.0. The molecule has 2 N–H and O–H groups in total. The average molecular weight is 785 g/mol. The molecule has 0 atom stereocenters. The second kappa shape index (κ2) is 14.7. The van der Waals surface area contributed by atoms with Gasteiger partial charge in [0.15, 0.2) is 0 Å². The first-order chi connectivity index (χ1) is 25.1. The molecule has 0 bridgehead atoms. The molecule has 7 rings (SSSR count). The van der Waals surface area contributed by atoms with E-state index >= 15 is 0 Å². The van der Waals surface area contributed by atoms with Gasteiger partial charge in [-0.1, -0.05) is 0 Å². The van der Waals surface area contributed by atoms with Crippen molar-refractivity contribution in [3.63, 3.8) is 0 Å². The Hall–Kier alpha value is -5.40. The summed E-state index contributed by atoms with van der Waals surface area (Å²) in [4.78, 5) is 22.6. The number of anilines is 6. The van der Waals surface area contributed by atoms with E-state index in [0.29, 0.717) is 44.5 Å². The Morgan fingerprint density at radius 1 is 0.865 bits per heavy atom. The van der Waals surface area contributed by atoms with E-state index in [-0.39, 0.29) is 0 Å². The molecular weight excluding hydrogens is 745 g/mol. The van der Waals surface area contributed by atoms with Crippen molar-refractivity contribution in [3.05, 3.63) is 90.4 Å². The van der Waals surface area contributed by atoms with Crippen LogP contribution in [0.3, 0.4) is 0 Å². The van der Waals surface area contributed by atoms with Crippen molar-refractivity contribution in [2.45, 2.75) is 0 Å². The molecule has 2 aromatic carbocycles. The standard InChI is InChI=1S/C36H39BrN11O3P/c1-45-21-24(18-41-45)27-16-30(32(50-2)17-31(27)47-13-11-46(12-14-47)26-7-6-10-38-19-26)43-36-39-20-28(37)35(44-36)42-29-9-8-25(15-33(29)52(4,5)49)48-22-34(51-3)40-23-48/h6-10,15-23H,11-14H2,1-5H3,(H2,39,42,43,44). The number of ether oxygens (including phenoxy) is 2. The summed E-state index contributed by atoms with van der Waals surface area (Å²) in [5.41, 5.74) is 6.32. The van der Waals surface area contributed by atoms with Crippen molar-refractivity contribution in [3.8, 4) is 28.4 Å². The Kier molecular flexibility index (Phi) is 9.89. The number of methoxy groups -OCH3 is 2. The van der Waals surface area contributed by atoms with E-state index in [9.17, 15) is 4.57 Å². The molecule has 1 aliphatic heterocycles. The molecule has 16 heteroatoms. The summed E-state index contributed by atoms with van der Waals surface area (Å²) in [7, 11) is 2.40. The Bertz CT molecular complexity index is 2250. The fourth-order valence-corrected chi connectivity index (χ4v) is 7.63. The van der Waals surface area contributed by atoms with Crippen LogP contribution in [-0.4, -0.2) is 88.0 Å². The first kappa shape index (κ1) is 35.0. The van der Waals surface area contributed by atoms with Gasteiger partial charge in [0.1, 0.15) is 25.0 Å².